The lowest BCUT2D eigenvalue weighted by Gasteiger charge is -2.20. The minimum atomic E-state index is -0.606. The third kappa shape index (κ3) is 4.51. The van der Waals surface area contributed by atoms with Gasteiger partial charge >= 0.3 is 12.1 Å². The van der Waals surface area contributed by atoms with Crippen molar-refractivity contribution in [1.82, 2.24) is 9.88 Å². The zero-order valence-corrected chi connectivity index (χ0v) is 17.7. The first kappa shape index (κ1) is 20.6. The first-order chi connectivity index (χ1) is 12.0. The maximum absolute atomic E-state index is 12.5. The normalized spacial score (nSPS) is 11.5. The summed E-state index contributed by atoms with van der Waals surface area (Å²) in [5.74, 6) is -0.461. The number of rotatable bonds is 4. The van der Waals surface area contributed by atoms with Gasteiger partial charge in [-0.15, -0.1) is 0 Å². The van der Waals surface area contributed by atoms with Crippen molar-refractivity contribution in [3.63, 3.8) is 0 Å². The number of carbonyl (C=O) groups is 2. The Morgan fingerprint density at radius 2 is 1.96 bits per heavy atom. The van der Waals surface area contributed by atoms with E-state index in [0.717, 1.165) is 5.52 Å². The summed E-state index contributed by atoms with van der Waals surface area (Å²) >= 11 is 9.60. The first-order valence-corrected chi connectivity index (χ1v) is 9.32. The average Bonchev–Trinajstić information content (AvgIpc) is 2.77. The zero-order chi connectivity index (χ0) is 19.6. The van der Waals surface area contributed by atoms with E-state index in [1.54, 1.807) is 33.8 Å². The molecule has 0 atom stereocenters. The summed E-state index contributed by atoms with van der Waals surface area (Å²) in [5.41, 5.74) is 1.18. The number of nitrogens with zero attached hydrogens (tertiary/aromatic N) is 1. The molecule has 0 bridgehead atoms. The summed E-state index contributed by atoms with van der Waals surface area (Å²) in [7, 11) is 1.82. The van der Waals surface area contributed by atoms with Crippen LogP contribution in [0.15, 0.2) is 16.6 Å². The summed E-state index contributed by atoms with van der Waals surface area (Å²) < 4.78 is 13.0. The maximum atomic E-state index is 12.5. The number of aryl methyl sites for hydroxylation is 1. The second-order valence-electron chi connectivity index (χ2n) is 6.74. The van der Waals surface area contributed by atoms with Crippen molar-refractivity contribution in [3.05, 3.63) is 32.9 Å². The molecule has 0 aliphatic rings. The number of aromatic nitrogens is 1. The number of alkyl carbamates (subject to hydrolysis) is 1. The van der Waals surface area contributed by atoms with E-state index >= 15 is 0 Å². The van der Waals surface area contributed by atoms with E-state index < -0.39 is 17.7 Å². The Morgan fingerprint density at radius 1 is 1.31 bits per heavy atom. The number of ether oxygens (including phenoxy) is 2. The minimum absolute atomic E-state index is 0.115. The van der Waals surface area contributed by atoms with Gasteiger partial charge in [-0.05, 0) is 55.8 Å². The van der Waals surface area contributed by atoms with Gasteiger partial charge in [-0.25, -0.2) is 9.59 Å². The third-order valence-electron chi connectivity index (χ3n) is 3.64. The van der Waals surface area contributed by atoms with Crippen LogP contribution in [0.4, 0.5) is 4.79 Å². The molecule has 8 heteroatoms. The number of amides is 1. The minimum Gasteiger partial charge on any atom is -0.462 e. The molecule has 0 aliphatic carbocycles. The van der Waals surface area contributed by atoms with Gasteiger partial charge in [0.15, 0.2) is 0 Å². The van der Waals surface area contributed by atoms with Crippen LogP contribution in [0.25, 0.3) is 10.9 Å². The second kappa shape index (κ2) is 7.88. The molecule has 2 rings (SSSR count). The molecule has 1 N–H and O–H groups in total. The van der Waals surface area contributed by atoms with E-state index in [2.05, 4.69) is 21.2 Å². The predicted molar refractivity (Wildman–Crippen MR) is 105 cm³/mol. The first-order valence-electron chi connectivity index (χ1n) is 8.15. The number of esters is 1. The zero-order valence-electron chi connectivity index (χ0n) is 15.4. The van der Waals surface area contributed by atoms with Gasteiger partial charge in [0, 0.05) is 16.9 Å². The number of fused-ring (bicyclic) bond motifs is 1. The molecule has 142 valence electrons. The van der Waals surface area contributed by atoms with Crippen LogP contribution in [-0.2, 0) is 23.1 Å². The fraction of sp³-hybridized carbons (Fsp3) is 0.444. The highest BCUT2D eigenvalue weighted by atomic mass is 79.9. The van der Waals surface area contributed by atoms with Gasteiger partial charge < -0.3 is 19.4 Å². The van der Waals surface area contributed by atoms with Crippen molar-refractivity contribution in [1.29, 1.82) is 0 Å². The fourth-order valence-electron chi connectivity index (χ4n) is 2.59. The molecule has 0 saturated heterocycles. The Balaban J connectivity index is 2.46. The summed E-state index contributed by atoms with van der Waals surface area (Å²) in [6, 6.07) is 3.54. The van der Waals surface area contributed by atoms with Crippen molar-refractivity contribution in [2.75, 3.05) is 6.61 Å². The van der Waals surface area contributed by atoms with Gasteiger partial charge in [-0.2, -0.15) is 0 Å². The highest BCUT2D eigenvalue weighted by Crippen LogP contribution is 2.33. The van der Waals surface area contributed by atoms with Crippen LogP contribution >= 0.6 is 27.5 Å². The molecule has 0 aliphatic heterocycles. The fourth-order valence-corrected chi connectivity index (χ4v) is 3.09. The molecule has 1 amide bonds. The van der Waals surface area contributed by atoms with Gasteiger partial charge in [0.05, 0.1) is 34.9 Å². The van der Waals surface area contributed by atoms with E-state index in [1.165, 1.54) is 0 Å². The van der Waals surface area contributed by atoms with Crippen LogP contribution in [0.3, 0.4) is 0 Å². The van der Waals surface area contributed by atoms with Crippen molar-refractivity contribution < 1.29 is 19.1 Å². The van der Waals surface area contributed by atoms with E-state index in [1.807, 2.05) is 17.7 Å². The van der Waals surface area contributed by atoms with Crippen LogP contribution in [0, 0.1) is 0 Å². The van der Waals surface area contributed by atoms with Gasteiger partial charge in [0.25, 0.3) is 0 Å². The lowest BCUT2D eigenvalue weighted by atomic mass is 10.1. The molecule has 0 unspecified atom stereocenters. The second-order valence-corrected chi connectivity index (χ2v) is 8.00. The molecule has 1 aromatic heterocycles. The maximum Gasteiger partial charge on any atom is 0.407 e. The van der Waals surface area contributed by atoms with E-state index in [9.17, 15) is 9.59 Å². The molecule has 0 spiro atoms. The molecule has 1 aromatic carbocycles. The smallest absolute Gasteiger partial charge is 0.407 e. The molecule has 2 aromatic rings. The number of hydrogen-bond acceptors (Lipinski definition) is 4. The molecule has 6 nitrogen and oxygen atoms in total. The topological polar surface area (TPSA) is 69.6 Å². The molecule has 1 heterocycles. The summed E-state index contributed by atoms with van der Waals surface area (Å²) in [6.07, 6.45) is -0.559. The van der Waals surface area contributed by atoms with Crippen LogP contribution in [0.5, 0.6) is 0 Å². The Bertz CT molecular complexity index is 855. The van der Waals surface area contributed by atoms with Crippen LogP contribution in [0.1, 0.15) is 43.7 Å². The van der Waals surface area contributed by atoms with Crippen LogP contribution in [-0.4, -0.2) is 28.8 Å². The van der Waals surface area contributed by atoms with E-state index in [-0.39, 0.29) is 13.2 Å². The third-order valence-corrected chi connectivity index (χ3v) is 4.84. The molecule has 26 heavy (non-hydrogen) atoms. The summed E-state index contributed by atoms with van der Waals surface area (Å²) in [6.45, 7) is 7.46. The van der Waals surface area contributed by atoms with Crippen LogP contribution in [0.2, 0.25) is 5.02 Å². The van der Waals surface area contributed by atoms with Crippen molar-refractivity contribution in [2.24, 2.45) is 7.05 Å². The van der Waals surface area contributed by atoms with Crippen molar-refractivity contribution >= 4 is 50.5 Å². The average molecular weight is 446 g/mol. The Hall–Kier alpha value is -1.73. The number of halogens is 2. The number of nitrogens with one attached hydrogen (secondary N) is 1. The molecule has 0 radical (unpaired) electrons. The largest absolute Gasteiger partial charge is 0.462 e. The van der Waals surface area contributed by atoms with Gasteiger partial charge in [-0.1, -0.05) is 11.6 Å². The SMILES string of the molecule is CCOC(=O)c1c(CNC(=O)OC(C)(C)C)n(C)c2cc(Br)c(Cl)cc12. The summed E-state index contributed by atoms with van der Waals surface area (Å²) in [5, 5.41) is 3.84. The predicted octanol–water partition coefficient (Wildman–Crippen LogP) is 4.80. The molecule has 0 saturated carbocycles. The lowest BCUT2D eigenvalue weighted by Crippen LogP contribution is -2.33. The molecule has 0 fully saturated rings. The number of benzene rings is 1. The monoisotopic (exact) mass is 444 g/mol. The summed E-state index contributed by atoms with van der Waals surface area (Å²) in [4.78, 5) is 24.5. The molecular formula is C18H22BrClN2O4. The number of carbonyl (C=O) groups excluding carboxylic acids is 2. The molecular weight excluding hydrogens is 424 g/mol. The van der Waals surface area contributed by atoms with Gasteiger partial charge in [-0.3, -0.25) is 0 Å². The highest BCUT2D eigenvalue weighted by Gasteiger charge is 2.24. The van der Waals surface area contributed by atoms with E-state index in [0.29, 0.717) is 26.1 Å². The standard InChI is InChI=1S/C18H22BrClN2O4/c1-6-25-16(23)15-10-7-12(20)11(19)8-13(10)22(5)14(15)9-21-17(24)26-18(2,3)4/h7-8H,6,9H2,1-5H3,(H,21,24). The highest BCUT2D eigenvalue weighted by molar-refractivity contribution is 9.10. The Morgan fingerprint density at radius 3 is 2.54 bits per heavy atom. The number of hydrogen-bond donors (Lipinski definition) is 1. The van der Waals surface area contributed by atoms with Gasteiger partial charge in [0.2, 0.25) is 0 Å². The van der Waals surface area contributed by atoms with E-state index in [4.69, 9.17) is 21.1 Å². The van der Waals surface area contributed by atoms with Crippen molar-refractivity contribution in [3.8, 4) is 0 Å². The van der Waals surface area contributed by atoms with Gasteiger partial charge in [0.1, 0.15) is 5.60 Å². The Labute approximate surface area is 165 Å². The van der Waals surface area contributed by atoms with Crippen LogP contribution < -0.4 is 5.32 Å². The Kier molecular flexibility index (Phi) is 6.24. The van der Waals surface area contributed by atoms with Crippen molar-refractivity contribution in [2.45, 2.75) is 39.8 Å². The quantitative estimate of drug-likeness (QED) is 0.687. The lowest BCUT2D eigenvalue weighted by molar-refractivity contribution is 0.0502.